The molecule has 0 aliphatic carbocycles. The van der Waals surface area contributed by atoms with Gasteiger partial charge < -0.3 is 51.2 Å². The summed E-state index contributed by atoms with van der Waals surface area (Å²) in [6, 6.07) is 0. The monoisotopic (exact) mass is 798 g/mol. The van der Waals surface area contributed by atoms with Crippen LogP contribution < -0.4 is 26.9 Å². The molecule has 3 aliphatic rings. The van der Waals surface area contributed by atoms with Gasteiger partial charge in [0.25, 0.3) is 11.5 Å². The molecular weight excluding hydrogens is 763 g/mol. The molecule has 0 bridgehead atoms. The fourth-order valence-corrected chi connectivity index (χ4v) is 9.25. The number of anilines is 1. The second-order valence-corrected chi connectivity index (χ2v) is 16.5. The number of nitrogens with zero attached hydrogens (tertiary/aromatic N) is 7. The molecule has 0 aromatic carbocycles. The Morgan fingerprint density at radius 3 is 2.40 bits per heavy atom. The summed E-state index contributed by atoms with van der Waals surface area (Å²) >= 11 is 0. The van der Waals surface area contributed by atoms with E-state index < -0.39 is 79.1 Å². The fraction of sp³-hybridized carbons (Fsp3) is 0.522. The highest BCUT2D eigenvalue weighted by molar-refractivity contribution is 7.66. The summed E-state index contributed by atoms with van der Waals surface area (Å²) in [5, 5.41) is 23.8. The number of aryl methyl sites for hydroxylation is 1. The van der Waals surface area contributed by atoms with Crippen LogP contribution in [0.25, 0.3) is 16.9 Å². The first-order chi connectivity index (χ1) is 24.2. The fourth-order valence-electron chi connectivity index (χ4n) is 5.71. The number of nitrogens with two attached hydrogens (primary N) is 2. The topological polar surface area (TPSA) is 360 Å². The Labute approximate surface area is 291 Å². The number of ether oxygens (including phenoxy) is 2. The third-order valence-corrected chi connectivity index (χ3v) is 12.1. The van der Waals surface area contributed by atoms with Gasteiger partial charge >= 0.3 is 29.1 Å². The zero-order valence-corrected chi connectivity index (χ0v) is 29.8. The smallest absolute Gasteiger partial charge is 0.387 e. The van der Waals surface area contributed by atoms with Crippen molar-refractivity contribution in [1.82, 2.24) is 34.3 Å². The molecule has 0 saturated carbocycles. The zero-order chi connectivity index (χ0) is 37.9. The quantitative estimate of drug-likeness (QED) is 0.0668. The molecule has 29 heteroatoms. The minimum atomic E-state index is -5.87. The van der Waals surface area contributed by atoms with Gasteiger partial charge in [0.2, 0.25) is 5.52 Å². The molecule has 6 rings (SSSR count). The van der Waals surface area contributed by atoms with E-state index in [1.807, 2.05) is 0 Å². The van der Waals surface area contributed by atoms with E-state index in [0.29, 0.717) is 5.70 Å². The second-order valence-electron chi connectivity index (χ2n) is 11.8. The molecule has 52 heavy (non-hydrogen) atoms. The first-order valence-electron chi connectivity index (χ1n) is 14.9. The Kier molecular flexibility index (Phi) is 10.4. The van der Waals surface area contributed by atoms with Crippen LogP contribution in [-0.4, -0.2) is 118 Å². The maximum Gasteiger partial charge on any atom is 0.490 e. The lowest BCUT2D eigenvalue weighted by atomic mass is 10.1. The van der Waals surface area contributed by atoms with Crippen LogP contribution in [0, 0.1) is 0 Å². The first-order valence-corrected chi connectivity index (χ1v) is 19.4. The van der Waals surface area contributed by atoms with Crippen molar-refractivity contribution in [2.24, 2.45) is 17.8 Å². The highest BCUT2D eigenvalue weighted by Gasteiger charge is 2.48. The lowest BCUT2D eigenvalue weighted by Gasteiger charge is -2.34. The van der Waals surface area contributed by atoms with Gasteiger partial charge in [-0.2, -0.15) is 13.6 Å². The van der Waals surface area contributed by atoms with Crippen molar-refractivity contribution >= 4 is 58.1 Å². The van der Waals surface area contributed by atoms with Crippen LogP contribution in [0.2, 0.25) is 0 Å². The van der Waals surface area contributed by atoms with Gasteiger partial charge in [0.15, 0.2) is 30.6 Å². The van der Waals surface area contributed by atoms with Crippen LogP contribution in [0.5, 0.6) is 0 Å². The molecule has 5 unspecified atom stereocenters. The van der Waals surface area contributed by atoms with Gasteiger partial charge in [-0.05, 0) is 7.05 Å². The minimum Gasteiger partial charge on any atom is -0.387 e. The van der Waals surface area contributed by atoms with Gasteiger partial charge in [-0.15, -0.1) is 0 Å². The number of nitrogen functional groups attached to an aromatic ring is 1. The van der Waals surface area contributed by atoms with E-state index in [1.54, 1.807) is 19.0 Å². The molecule has 3 aliphatic heterocycles. The number of aromatic nitrogens is 6. The summed E-state index contributed by atoms with van der Waals surface area (Å²) in [7, 11) is -13.6. The third kappa shape index (κ3) is 8.06. The summed E-state index contributed by atoms with van der Waals surface area (Å²) in [5.74, 6) is -0.0565. The standard InChI is InChI=1S/C23H34N11O15P3/c1-10-14-18(28-22(24)27-10)33(8-26-14)21-17(36)16(35)12(47-21)7-45-51(40,41)49-52(42,43)48-50(38,39)44-6-11-4-31(2)5-13(46-11)34-9-32(3)15-19(34)29-23(25)30-20(15)37/h8-9,11-13,16-17,21,35-36H,1,4-7H2,2-3H3,(H8-,24,25,27,28,29,30,37,38,39,40,41,42,43)/p+1/t11-,12?,13?,16+,17+,21+/m0/s1. The molecule has 286 valence electrons. The maximum absolute atomic E-state index is 12.6. The number of nitrogens with one attached hydrogen (secondary N) is 2. The number of hydrogen-bond donors (Lipinski definition) is 9. The highest BCUT2D eigenvalue weighted by Crippen LogP contribution is 2.67. The number of fused-ring (bicyclic) bond motifs is 2. The Hall–Kier alpha value is -3.42. The summed E-state index contributed by atoms with van der Waals surface area (Å²) < 4.78 is 71.3. The molecule has 3 aromatic heterocycles. The number of rotatable bonds is 12. The van der Waals surface area contributed by atoms with Crippen LogP contribution in [0.1, 0.15) is 18.1 Å². The Morgan fingerprint density at radius 1 is 1.04 bits per heavy atom. The molecule has 2 saturated heterocycles. The lowest BCUT2D eigenvalue weighted by Crippen LogP contribution is -2.54. The Balaban J connectivity index is 1.03. The molecule has 9 atom stereocenters. The Morgan fingerprint density at radius 2 is 1.71 bits per heavy atom. The van der Waals surface area contributed by atoms with Gasteiger partial charge in [-0.25, -0.2) is 23.2 Å². The summed E-state index contributed by atoms with van der Waals surface area (Å²) in [6.45, 7) is 2.49. The van der Waals surface area contributed by atoms with Crippen LogP contribution in [0.15, 0.2) is 29.0 Å². The number of guanidine groups is 1. The van der Waals surface area contributed by atoms with E-state index in [2.05, 4.69) is 45.0 Å². The molecule has 6 heterocycles. The van der Waals surface area contributed by atoms with Crippen LogP contribution in [0.3, 0.4) is 0 Å². The lowest BCUT2D eigenvalue weighted by molar-refractivity contribution is -0.747. The average molecular weight is 799 g/mol. The molecule has 0 amide bonds. The number of aliphatic hydroxyl groups is 2. The van der Waals surface area contributed by atoms with E-state index >= 15 is 0 Å². The first kappa shape index (κ1) is 38.3. The van der Waals surface area contributed by atoms with E-state index in [1.165, 1.54) is 26.4 Å². The number of hydrogen-bond acceptors (Lipinski definition) is 19. The number of imidazole rings is 2. The van der Waals surface area contributed by atoms with E-state index in [-0.39, 0.29) is 47.7 Å². The van der Waals surface area contributed by atoms with Crippen molar-refractivity contribution in [3.63, 3.8) is 0 Å². The predicted molar refractivity (Wildman–Crippen MR) is 173 cm³/mol. The summed E-state index contributed by atoms with van der Waals surface area (Å²) in [5.41, 5.74) is 11.9. The molecular formula is C23H35N11O15P3+. The second kappa shape index (κ2) is 14.1. The molecule has 2 fully saturated rings. The van der Waals surface area contributed by atoms with E-state index in [4.69, 9.17) is 25.5 Å². The minimum absolute atomic E-state index is 0.0395. The molecule has 26 nitrogen and oxygen atoms in total. The van der Waals surface area contributed by atoms with Crippen LogP contribution in [-0.2, 0) is 47.9 Å². The van der Waals surface area contributed by atoms with Gasteiger partial charge in [0, 0.05) is 6.54 Å². The summed E-state index contributed by atoms with van der Waals surface area (Å²) in [4.78, 5) is 59.2. The number of phosphoric acid groups is 3. The average Bonchev–Trinajstić information content (AvgIpc) is 3.67. The normalized spacial score (nSPS) is 28.8. The van der Waals surface area contributed by atoms with Gasteiger partial charge in [0.05, 0.1) is 44.9 Å². The van der Waals surface area contributed by atoms with Crippen LogP contribution in [0.4, 0.5) is 11.8 Å². The third-order valence-electron chi connectivity index (χ3n) is 7.84. The number of aliphatic imine (C=N–C) groups is 1. The number of morpholine rings is 1. The van der Waals surface area contributed by atoms with Crippen molar-refractivity contribution in [1.29, 1.82) is 0 Å². The largest absolute Gasteiger partial charge is 0.490 e. The predicted octanol–water partition coefficient (Wildman–Crippen LogP) is -2.64. The van der Waals surface area contributed by atoms with E-state index in [9.17, 15) is 43.4 Å². The van der Waals surface area contributed by atoms with Gasteiger partial charge in [-0.1, -0.05) is 11.6 Å². The molecule has 0 spiro atoms. The van der Waals surface area contributed by atoms with Crippen molar-refractivity contribution in [3.05, 3.63) is 35.3 Å². The van der Waals surface area contributed by atoms with Crippen molar-refractivity contribution in [3.8, 4) is 0 Å². The van der Waals surface area contributed by atoms with Gasteiger partial charge in [-0.3, -0.25) is 32.9 Å². The molecule has 0 radical (unpaired) electrons. The van der Waals surface area contributed by atoms with Crippen molar-refractivity contribution < 1.29 is 70.3 Å². The number of likely N-dealkylation sites (N-methyl/N-ethyl adjacent to an activating group) is 1. The maximum atomic E-state index is 12.6. The van der Waals surface area contributed by atoms with Crippen molar-refractivity contribution in [2.75, 3.05) is 39.1 Å². The highest BCUT2D eigenvalue weighted by atomic mass is 31.3. The molecule has 11 N–H and O–H groups in total. The number of aromatic amines is 1. The Bertz CT molecular complexity index is 2120. The van der Waals surface area contributed by atoms with Crippen molar-refractivity contribution in [2.45, 2.75) is 36.9 Å². The van der Waals surface area contributed by atoms with Gasteiger partial charge in [0.1, 0.15) is 24.0 Å². The number of phosphoric ester groups is 2. The zero-order valence-electron chi connectivity index (χ0n) is 27.1. The molecule has 3 aromatic rings. The van der Waals surface area contributed by atoms with E-state index in [0.717, 1.165) is 0 Å². The van der Waals surface area contributed by atoms with Crippen LogP contribution >= 0.6 is 23.5 Å². The summed E-state index contributed by atoms with van der Waals surface area (Å²) in [6.07, 6.45) is -5.24. The number of aliphatic hydroxyl groups excluding tert-OH is 2. The SMILES string of the molecule is C=C1NC(N)=Nc2c1ncn2[C@@H]1OC(COP(=O)(O)OP(=O)(O)OP(=O)(O)OC[C@@H]2CN(C)CC([n+]3cn(C)c4c(=O)[nH]c(N)nc43)O2)[C@@H](O)[C@H]1O. The number of H-pyrrole nitrogens is 1.